The second-order valence-corrected chi connectivity index (χ2v) is 3.23. The first-order chi connectivity index (χ1) is 6.24. The number of aldehydes is 1. The van der Waals surface area contributed by atoms with E-state index in [4.69, 9.17) is 4.74 Å². The molecule has 1 rings (SSSR count). The first-order valence-corrected chi connectivity index (χ1v) is 4.55. The number of ether oxygens (including phenoxy) is 1. The maximum Gasteiger partial charge on any atom is 0.306 e. The van der Waals surface area contributed by atoms with Gasteiger partial charge in [-0.25, -0.2) is 0 Å². The van der Waals surface area contributed by atoms with Crippen molar-refractivity contribution in [1.82, 2.24) is 0 Å². The fraction of sp³-hybridized carbons (Fsp3) is 0.778. The topological polar surface area (TPSA) is 63.6 Å². The van der Waals surface area contributed by atoms with Gasteiger partial charge >= 0.3 is 5.97 Å². The molecule has 4 heteroatoms. The van der Waals surface area contributed by atoms with Gasteiger partial charge in [-0.1, -0.05) is 0 Å². The Morgan fingerprint density at radius 3 is 3.00 bits per heavy atom. The number of esters is 1. The van der Waals surface area contributed by atoms with Gasteiger partial charge in [0, 0.05) is 12.8 Å². The summed E-state index contributed by atoms with van der Waals surface area (Å²) >= 11 is 0. The van der Waals surface area contributed by atoms with E-state index in [0.717, 1.165) is 6.29 Å². The minimum Gasteiger partial charge on any atom is -0.460 e. The Morgan fingerprint density at radius 1 is 1.69 bits per heavy atom. The number of carbonyl (C=O) groups excluding carboxylic acids is 2. The average molecular weight is 186 g/mol. The van der Waals surface area contributed by atoms with Crippen LogP contribution in [0.5, 0.6) is 0 Å². The van der Waals surface area contributed by atoms with Gasteiger partial charge in [0.15, 0.2) is 0 Å². The van der Waals surface area contributed by atoms with E-state index >= 15 is 0 Å². The lowest BCUT2D eigenvalue weighted by atomic mass is 10.1. The van der Waals surface area contributed by atoms with E-state index in [0.29, 0.717) is 32.1 Å². The molecule has 0 aromatic carbocycles. The molecule has 1 saturated heterocycles. The fourth-order valence-electron chi connectivity index (χ4n) is 1.41. The number of rotatable bonds is 5. The Hall–Kier alpha value is -0.900. The van der Waals surface area contributed by atoms with Gasteiger partial charge in [0.25, 0.3) is 0 Å². The zero-order valence-corrected chi connectivity index (χ0v) is 7.44. The highest BCUT2D eigenvalue weighted by atomic mass is 16.6. The third-order valence-corrected chi connectivity index (χ3v) is 2.17. The Morgan fingerprint density at radius 2 is 2.46 bits per heavy atom. The van der Waals surface area contributed by atoms with Crippen LogP contribution in [-0.4, -0.2) is 29.6 Å². The highest BCUT2D eigenvalue weighted by Crippen LogP contribution is 2.19. The van der Waals surface area contributed by atoms with Crippen LogP contribution in [0.1, 0.15) is 32.1 Å². The van der Waals surface area contributed by atoms with Gasteiger partial charge in [0.05, 0.1) is 6.10 Å². The first-order valence-electron chi connectivity index (χ1n) is 4.55. The molecule has 0 bridgehead atoms. The van der Waals surface area contributed by atoms with Crippen LogP contribution < -0.4 is 0 Å². The number of hydrogen-bond donors (Lipinski definition) is 1. The van der Waals surface area contributed by atoms with Crippen LogP contribution in [-0.2, 0) is 14.3 Å². The Labute approximate surface area is 76.9 Å². The minimum absolute atomic E-state index is 0.237. The van der Waals surface area contributed by atoms with E-state index in [2.05, 4.69) is 0 Å². The van der Waals surface area contributed by atoms with Crippen LogP contribution in [0.25, 0.3) is 0 Å². The van der Waals surface area contributed by atoms with Crippen LogP contribution in [0.4, 0.5) is 0 Å². The predicted molar refractivity (Wildman–Crippen MR) is 45.0 cm³/mol. The summed E-state index contributed by atoms with van der Waals surface area (Å²) in [4.78, 5) is 20.7. The molecule has 0 spiro atoms. The van der Waals surface area contributed by atoms with Gasteiger partial charge in [0.2, 0.25) is 0 Å². The number of carbonyl (C=O) groups is 2. The second-order valence-electron chi connectivity index (χ2n) is 3.23. The number of aliphatic hydroxyl groups excluding tert-OH is 1. The molecule has 0 aliphatic carbocycles. The predicted octanol–water partition coefficient (Wildman–Crippen LogP) is 0.422. The Bertz CT molecular complexity index is 190. The summed E-state index contributed by atoms with van der Waals surface area (Å²) in [6.07, 6.45) is 2.50. The third-order valence-electron chi connectivity index (χ3n) is 2.17. The van der Waals surface area contributed by atoms with E-state index < -0.39 is 6.10 Å². The molecule has 1 aliphatic heterocycles. The number of aliphatic hydroxyl groups is 1. The summed E-state index contributed by atoms with van der Waals surface area (Å²) < 4.78 is 4.88. The molecule has 1 fully saturated rings. The lowest BCUT2D eigenvalue weighted by molar-refractivity contribution is -0.145. The van der Waals surface area contributed by atoms with Crippen LogP contribution in [0.15, 0.2) is 0 Å². The third kappa shape index (κ3) is 3.14. The van der Waals surface area contributed by atoms with Crippen LogP contribution in [0.3, 0.4) is 0 Å². The maximum absolute atomic E-state index is 10.7. The molecule has 0 aromatic rings. The van der Waals surface area contributed by atoms with Crippen molar-refractivity contribution >= 4 is 12.3 Å². The minimum atomic E-state index is -0.605. The quantitative estimate of drug-likeness (QED) is 0.384. The zero-order valence-electron chi connectivity index (χ0n) is 7.44. The monoisotopic (exact) mass is 186 g/mol. The molecule has 0 amide bonds. The molecule has 4 nitrogen and oxygen atoms in total. The summed E-state index contributed by atoms with van der Waals surface area (Å²) in [5.74, 6) is -0.237. The molecule has 74 valence electrons. The molecule has 0 unspecified atom stereocenters. The van der Waals surface area contributed by atoms with Gasteiger partial charge < -0.3 is 14.6 Å². The average Bonchev–Trinajstić information content (AvgIpc) is 2.52. The maximum atomic E-state index is 10.7. The van der Waals surface area contributed by atoms with E-state index in [1.807, 2.05) is 0 Å². The van der Waals surface area contributed by atoms with Gasteiger partial charge in [-0.2, -0.15) is 0 Å². The van der Waals surface area contributed by atoms with Crippen LogP contribution >= 0.6 is 0 Å². The van der Waals surface area contributed by atoms with E-state index in [1.165, 1.54) is 0 Å². The van der Waals surface area contributed by atoms with Gasteiger partial charge in [0.1, 0.15) is 12.4 Å². The number of hydrogen-bond acceptors (Lipinski definition) is 4. The van der Waals surface area contributed by atoms with Crippen molar-refractivity contribution in [3.05, 3.63) is 0 Å². The number of cyclic esters (lactones) is 1. The van der Waals surface area contributed by atoms with Gasteiger partial charge in [-0.15, -0.1) is 0 Å². The van der Waals surface area contributed by atoms with Crippen molar-refractivity contribution < 1.29 is 19.4 Å². The molecule has 1 N–H and O–H groups in total. The summed E-state index contributed by atoms with van der Waals surface area (Å²) in [5, 5.41) is 9.50. The lowest BCUT2D eigenvalue weighted by Gasteiger charge is -2.15. The smallest absolute Gasteiger partial charge is 0.306 e. The van der Waals surface area contributed by atoms with Crippen molar-refractivity contribution in [2.24, 2.45) is 0 Å². The molecule has 1 aliphatic rings. The Balaban J connectivity index is 2.19. The van der Waals surface area contributed by atoms with Crippen molar-refractivity contribution in [2.45, 2.75) is 44.3 Å². The SMILES string of the molecule is O=CCCC[C@@H](O)[C@@H]1CCC(=O)O1. The fourth-order valence-corrected chi connectivity index (χ4v) is 1.41. The summed E-state index contributed by atoms with van der Waals surface area (Å²) in [6, 6.07) is 0. The largest absolute Gasteiger partial charge is 0.460 e. The Kier molecular flexibility index (Phi) is 3.89. The van der Waals surface area contributed by atoms with Crippen molar-refractivity contribution in [3.8, 4) is 0 Å². The lowest BCUT2D eigenvalue weighted by Crippen LogP contribution is -2.25. The summed E-state index contributed by atoms with van der Waals surface area (Å²) in [7, 11) is 0. The number of unbranched alkanes of at least 4 members (excludes halogenated alkanes) is 1. The molecule has 0 saturated carbocycles. The molecular formula is C9H14O4. The molecular weight excluding hydrogens is 172 g/mol. The first kappa shape index (κ1) is 10.2. The zero-order chi connectivity index (χ0) is 9.68. The van der Waals surface area contributed by atoms with Crippen LogP contribution in [0.2, 0.25) is 0 Å². The molecule has 1 heterocycles. The van der Waals surface area contributed by atoms with E-state index in [1.54, 1.807) is 0 Å². The summed E-state index contributed by atoms with van der Waals surface area (Å²) in [6.45, 7) is 0. The van der Waals surface area contributed by atoms with Gasteiger partial charge in [-0.05, 0) is 19.3 Å². The molecule has 0 radical (unpaired) electrons. The van der Waals surface area contributed by atoms with Crippen molar-refractivity contribution in [3.63, 3.8) is 0 Å². The van der Waals surface area contributed by atoms with E-state index in [9.17, 15) is 14.7 Å². The highest BCUT2D eigenvalue weighted by molar-refractivity contribution is 5.71. The van der Waals surface area contributed by atoms with Crippen LogP contribution in [0, 0.1) is 0 Å². The second kappa shape index (κ2) is 4.97. The highest BCUT2D eigenvalue weighted by Gasteiger charge is 2.29. The molecule has 2 atom stereocenters. The van der Waals surface area contributed by atoms with Crippen molar-refractivity contribution in [1.29, 1.82) is 0 Å². The normalized spacial score (nSPS) is 24.1. The van der Waals surface area contributed by atoms with E-state index in [-0.39, 0.29) is 12.1 Å². The standard InChI is InChI=1S/C9H14O4/c10-6-2-1-3-7(11)8-4-5-9(12)13-8/h6-8,11H,1-5H2/t7-,8+/m1/s1. The summed E-state index contributed by atoms with van der Waals surface area (Å²) in [5.41, 5.74) is 0. The molecule has 13 heavy (non-hydrogen) atoms. The molecule has 0 aromatic heterocycles. The van der Waals surface area contributed by atoms with Crippen molar-refractivity contribution in [2.75, 3.05) is 0 Å². The van der Waals surface area contributed by atoms with Gasteiger partial charge in [-0.3, -0.25) is 4.79 Å².